The number of ether oxygens (including phenoxy) is 2. The van der Waals surface area contributed by atoms with Crippen molar-refractivity contribution in [3.8, 4) is 11.5 Å². The van der Waals surface area contributed by atoms with E-state index in [1.54, 1.807) is 0 Å². The van der Waals surface area contributed by atoms with Crippen molar-refractivity contribution in [2.75, 3.05) is 19.7 Å². The number of hydrogen-bond acceptors (Lipinski definition) is 3. The second-order valence-corrected chi connectivity index (χ2v) is 6.12. The predicted molar refractivity (Wildman–Crippen MR) is 94.9 cm³/mol. The van der Waals surface area contributed by atoms with Crippen molar-refractivity contribution in [3.05, 3.63) is 23.3 Å². The number of benzene rings is 1. The van der Waals surface area contributed by atoms with Crippen molar-refractivity contribution in [2.24, 2.45) is 4.99 Å². The highest BCUT2D eigenvalue weighted by atomic mass is 19.4. The van der Waals surface area contributed by atoms with Crippen LogP contribution in [0.5, 0.6) is 11.5 Å². The number of nitrogens with zero attached hydrogens (tertiary/aromatic N) is 1. The molecular weight excluding hydrogens is 347 g/mol. The van der Waals surface area contributed by atoms with Crippen LogP contribution in [0.4, 0.5) is 13.2 Å². The summed E-state index contributed by atoms with van der Waals surface area (Å²) in [6, 6.07) is 3.88. The Morgan fingerprint density at radius 3 is 2.73 bits per heavy atom. The molecule has 0 spiro atoms. The van der Waals surface area contributed by atoms with Gasteiger partial charge in [-0.25, -0.2) is 4.99 Å². The molecule has 0 radical (unpaired) electrons. The minimum atomic E-state index is -4.19. The molecule has 0 amide bonds. The number of aliphatic imine (C=N–C) groups is 1. The van der Waals surface area contributed by atoms with Crippen molar-refractivity contribution >= 4 is 5.96 Å². The summed E-state index contributed by atoms with van der Waals surface area (Å²) in [5.74, 6) is 1.90. The highest BCUT2D eigenvalue weighted by Crippen LogP contribution is 2.35. The summed E-state index contributed by atoms with van der Waals surface area (Å²) in [4.78, 5) is 4.38. The molecule has 2 rings (SSSR count). The van der Waals surface area contributed by atoms with E-state index >= 15 is 0 Å². The Labute approximate surface area is 152 Å². The van der Waals surface area contributed by atoms with E-state index in [0.717, 1.165) is 29.0 Å². The zero-order chi connectivity index (χ0) is 19.2. The highest BCUT2D eigenvalue weighted by molar-refractivity contribution is 5.79. The van der Waals surface area contributed by atoms with Crippen LogP contribution >= 0.6 is 0 Å². The topological polar surface area (TPSA) is 54.9 Å². The molecule has 0 aliphatic carbocycles. The summed E-state index contributed by atoms with van der Waals surface area (Å²) < 4.78 is 48.4. The number of halogens is 3. The molecule has 2 N–H and O–H groups in total. The minimum absolute atomic E-state index is 0.125. The molecule has 0 bridgehead atoms. The standard InChI is InChI=1S/C18H26F3N3O2/c1-4-22-17(23-7-6-18(19,20)21)24-11-14-10-16-13(8-12(3)26-16)9-15(14)25-5-2/h9-10,12H,4-8,11H2,1-3H3,(H2,22,23,24). The third-order valence-electron chi connectivity index (χ3n) is 3.83. The van der Waals surface area contributed by atoms with Gasteiger partial charge in [0.05, 0.1) is 19.6 Å². The lowest BCUT2D eigenvalue weighted by Crippen LogP contribution is -2.38. The van der Waals surface area contributed by atoms with Crippen LogP contribution in [0.2, 0.25) is 0 Å². The van der Waals surface area contributed by atoms with Gasteiger partial charge in [-0.1, -0.05) is 0 Å². The van der Waals surface area contributed by atoms with Crippen LogP contribution in [0.25, 0.3) is 0 Å². The maximum Gasteiger partial charge on any atom is 0.390 e. The second kappa shape index (κ2) is 9.00. The zero-order valence-corrected chi connectivity index (χ0v) is 15.4. The monoisotopic (exact) mass is 373 g/mol. The Morgan fingerprint density at radius 2 is 2.08 bits per heavy atom. The molecule has 0 saturated heterocycles. The predicted octanol–water partition coefficient (Wildman–Crippen LogP) is 3.42. The third-order valence-corrected chi connectivity index (χ3v) is 3.83. The van der Waals surface area contributed by atoms with Crippen molar-refractivity contribution in [3.63, 3.8) is 0 Å². The smallest absolute Gasteiger partial charge is 0.390 e. The summed E-state index contributed by atoms with van der Waals surface area (Å²) in [6.07, 6.45) is -4.15. The van der Waals surface area contributed by atoms with Crippen molar-refractivity contribution in [2.45, 2.75) is 52.4 Å². The molecular formula is C18H26F3N3O2. The van der Waals surface area contributed by atoms with Gasteiger partial charge in [-0.3, -0.25) is 0 Å². The second-order valence-electron chi connectivity index (χ2n) is 6.12. The quantitative estimate of drug-likeness (QED) is 0.568. The normalized spacial score (nSPS) is 16.8. The van der Waals surface area contributed by atoms with Crippen LogP contribution in [-0.2, 0) is 13.0 Å². The summed E-state index contributed by atoms with van der Waals surface area (Å²) >= 11 is 0. The minimum Gasteiger partial charge on any atom is -0.494 e. The average Bonchev–Trinajstić information content (AvgIpc) is 2.90. The summed E-state index contributed by atoms with van der Waals surface area (Å²) in [7, 11) is 0. The molecule has 0 saturated carbocycles. The average molecular weight is 373 g/mol. The lowest BCUT2D eigenvalue weighted by molar-refractivity contribution is -0.132. The number of rotatable bonds is 7. The van der Waals surface area contributed by atoms with Crippen LogP contribution in [0.15, 0.2) is 17.1 Å². The molecule has 1 aliphatic heterocycles. The van der Waals surface area contributed by atoms with Crippen molar-refractivity contribution in [1.82, 2.24) is 10.6 Å². The molecule has 0 aromatic heterocycles. The third kappa shape index (κ3) is 6.00. The Bertz CT molecular complexity index is 633. The fourth-order valence-corrected chi connectivity index (χ4v) is 2.72. The number of guanidine groups is 1. The Balaban J connectivity index is 2.10. The number of hydrogen-bond donors (Lipinski definition) is 2. The van der Waals surface area contributed by atoms with E-state index in [-0.39, 0.29) is 19.2 Å². The van der Waals surface area contributed by atoms with Crippen LogP contribution < -0.4 is 20.1 Å². The van der Waals surface area contributed by atoms with E-state index in [4.69, 9.17) is 9.47 Å². The van der Waals surface area contributed by atoms with Gasteiger partial charge in [0.15, 0.2) is 5.96 Å². The van der Waals surface area contributed by atoms with Gasteiger partial charge in [0.25, 0.3) is 0 Å². The maximum atomic E-state index is 12.3. The molecule has 5 nitrogen and oxygen atoms in total. The lowest BCUT2D eigenvalue weighted by atomic mass is 10.1. The molecule has 1 atom stereocenters. The molecule has 1 unspecified atom stereocenters. The van der Waals surface area contributed by atoms with Crippen LogP contribution in [0.3, 0.4) is 0 Å². The zero-order valence-electron chi connectivity index (χ0n) is 15.4. The molecule has 8 heteroatoms. The number of fused-ring (bicyclic) bond motifs is 1. The summed E-state index contributed by atoms with van der Waals surface area (Å²) in [5, 5.41) is 5.65. The van der Waals surface area contributed by atoms with E-state index < -0.39 is 12.6 Å². The maximum absolute atomic E-state index is 12.3. The largest absolute Gasteiger partial charge is 0.494 e. The molecule has 1 aromatic rings. The molecule has 26 heavy (non-hydrogen) atoms. The lowest BCUT2D eigenvalue weighted by Gasteiger charge is -2.14. The van der Waals surface area contributed by atoms with E-state index in [0.29, 0.717) is 19.1 Å². The number of nitrogens with one attached hydrogen (secondary N) is 2. The van der Waals surface area contributed by atoms with Crippen LogP contribution in [0, 0.1) is 0 Å². The van der Waals surface area contributed by atoms with Crippen LogP contribution in [0.1, 0.15) is 38.3 Å². The molecule has 146 valence electrons. The van der Waals surface area contributed by atoms with E-state index in [9.17, 15) is 13.2 Å². The first kappa shape index (κ1) is 20.2. The van der Waals surface area contributed by atoms with E-state index in [2.05, 4.69) is 15.6 Å². The highest BCUT2D eigenvalue weighted by Gasteiger charge is 2.26. The van der Waals surface area contributed by atoms with Gasteiger partial charge in [0.1, 0.15) is 17.6 Å². The van der Waals surface area contributed by atoms with Gasteiger partial charge in [0, 0.05) is 30.6 Å². The first-order valence-corrected chi connectivity index (χ1v) is 8.86. The Morgan fingerprint density at radius 1 is 1.31 bits per heavy atom. The van der Waals surface area contributed by atoms with E-state index in [1.165, 1.54) is 0 Å². The summed E-state index contributed by atoms with van der Waals surface area (Å²) in [6.45, 7) is 6.91. The molecule has 1 aromatic carbocycles. The molecule has 1 heterocycles. The van der Waals surface area contributed by atoms with Crippen molar-refractivity contribution in [1.29, 1.82) is 0 Å². The summed E-state index contributed by atoms with van der Waals surface area (Å²) in [5.41, 5.74) is 1.94. The van der Waals surface area contributed by atoms with Gasteiger partial charge in [-0.2, -0.15) is 13.2 Å². The van der Waals surface area contributed by atoms with Gasteiger partial charge in [-0.05, 0) is 32.9 Å². The fourth-order valence-electron chi connectivity index (χ4n) is 2.72. The SMILES string of the molecule is CCNC(=NCc1cc2c(cc1OCC)CC(C)O2)NCCC(F)(F)F. The van der Waals surface area contributed by atoms with Crippen LogP contribution in [-0.4, -0.2) is 37.9 Å². The Kier molecular flexibility index (Phi) is 6.99. The molecule has 0 fully saturated rings. The van der Waals surface area contributed by atoms with Gasteiger partial charge in [0.2, 0.25) is 0 Å². The first-order valence-electron chi connectivity index (χ1n) is 8.86. The van der Waals surface area contributed by atoms with Gasteiger partial charge < -0.3 is 20.1 Å². The van der Waals surface area contributed by atoms with Crippen molar-refractivity contribution < 1.29 is 22.6 Å². The van der Waals surface area contributed by atoms with E-state index in [1.807, 2.05) is 32.9 Å². The number of alkyl halides is 3. The Hall–Kier alpha value is -2.12. The first-order chi connectivity index (χ1) is 12.3. The van der Waals surface area contributed by atoms with Gasteiger partial charge >= 0.3 is 6.18 Å². The fraction of sp³-hybridized carbons (Fsp3) is 0.611. The molecule has 1 aliphatic rings. The van der Waals surface area contributed by atoms with Gasteiger partial charge in [-0.15, -0.1) is 0 Å².